The monoisotopic (exact) mass is 228 g/mol. The van der Waals surface area contributed by atoms with Crippen molar-refractivity contribution in [2.75, 3.05) is 14.2 Å². The summed E-state index contributed by atoms with van der Waals surface area (Å²) >= 11 is 0. The normalized spacial score (nSPS) is 12.1. The van der Waals surface area contributed by atoms with E-state index in [2.05, 4.69) is 4.74 Å². The molecule has 1 unspecified atom stereocenters. The molecule has 0 spiro atoms. The first-order valence-corrected chi connectivity index (χ1v) is 4.51. The van der Waals surface area contributed by atoms with Crippen LogP contribution in [-0.4, -0.2) is 37.4 Å². The summed E-state index contributed by atoms with van der Waals surface area (Å²) in [6.45, 7) is 0. The highest BCUT2D eigenvalue weighted by atomic mass is 16.5. The van der Waals surface area contributed by atoms with Crippen LogP contribution in [0.1, 0.15) is 16.3 Å². The summed E-state index contributed by atoms with van der Waals surface area (Å²) in [5.41, 5.74) is 0. The molecule has 6 heteroatoms. The van der Waals surface area contributed by atoms with Crippen molar-refractivity contribution in [3.8, 4) is 0 Å². The van der Waals surface area contributed by atoms with Gasteiger partial charge in [0, 0.05) is 13.5 Å². The summed E-state index contributed by atoms with van der Waals surface area (Å²) in [4.78, 5) is 21.7. The van der Waals surface area contributed by atoms with Gasteiger partial charge in [-0.15, -0.1) is 0 Å². The second-order valence-corrected chi connectivity index (χ2v) is 3.02. The number of carboxylic acids is 1. The van der Waals surface area contributed by atoms with Gasteiger partial charge in [-0.25, -0.2) is 9.59 Å². The summed E-state index contributed by atoms with van der Waals surface area (Å²) in [7, 11) is 2.53. The third-order valence-electron chi connectivity index (χ3n) is 1.99. The Kier molecular flexibility index (Phi) is 4.07. The number of carbonyl (C=O) groups is 2. The van der Waals surface area contributed by atoms with Crippen molar-refractivity contribution >= 4 is 11.9 Å². The standard InChI is InChI=1S/C10H12O6/c1-14-8(9(11)12)5-6-3-4-7(16-6)10(13)15-2/h3-4,8H,5H2,1-2H3,(H,11,12). The molecule has 0 aliphatic rings. The second-order valence-electron chi connectivity index (χ2n) is 3.02. The molecule has 88 valence electrons. The Labute approximate surface area is 91.8 Å². The highest BCUT2D eigenvalue weighted by Gasteiger charge is 2.20. The maximum absolute atomic E-state index is 11.1. The topological polar surface area (TPSA) is 86.0 Å². The van der Waals surface area contributed by atoms with Crippen molar-refractivity contribution in [3.05, 3.63) is 23.7 Å². The van der Waals surface area contributed by atoms with Crippen LogP contribution in [0, 0.1) is 0 Å². The van der Waals surface area contributed by atoms with Gasteiger partial charge in [-0.1, -0.05) is 0 Å². The molecule has 16 heavy (non-hydrogen) atoms. The van der Waals surface area contributed by atoms with Crippen molar-refractivity contribution in [1.82, 2.24) is 0 Å². The molecule has 0 amide bonds. The summed E-state index contributed by atoms with van der Waals surface area (Å²) in [5, 5.41) is 8.74. The van der Waals surface area contributed by atoms with Crippen molar-refractivity contribution in [2.45, 2.75) is 12.5 Å². The molecule has 1 aromatic rings. The highest BCUT2D eigenvalue weighted by molar-refractivity contribution is 5.86. The van der Waals surface area contributed by atoms with Crippen LogP contribution < -0.4 is 0 Å². The Hall–Kier alpha value is -1.82. The molecule has 0 aliphatic heterocycles. The van der Waals surface area contributed by atoms with Gasteiger partial charge in [0.05, 0.1) is 7.11 Å². The van der Waals surface area contributed by atoms with Gasteiger partial charge in [0.25, 0.3) is 0 Å². The Morgan fingerprint density at radius 1 is 1.44 bits per heavy atom. The minimum Gasteiger partial charge on any atom is -0.479 e. The molecule has 1 rings (SSSR count). The number of carboxylic acid groups (broad SMARTS) is 1. The third kappa shape index (κ3) is 2.83. The van der Waals surface area contributed by atoms with Crippen molar-refractivity contribution in [1.29, 1.82) is 0 Å². The number of methoxy groups -OCH3 is 2. The Bertz CT molecular complexity index is 380. The maximum Gasteiger partial charge on any atom is 0.373 e. The first-order valence-electron chi connectivity index (χ1n) is 4.51. The van der Waals surface area contributed by atoms with Crippen LogP contribution in [-0.2, 0) is 20.7 Å². The molecule has 0 aromatic carbocycles. The maximum atomic E-state index is 11.1. The minimum absolute atomic E-state index is 0.0396. The van der Waals surface area contributed by atoms with Crippen LogP contribution in [0.2, 0.25) is 0 Å². The Morgan fingerprint density at radius 3 is 2.62 bits per heavy atom. The minimum atomic E-state index is -1.08. The van der Waals surface area contributed by atoms with Crippen LogP contribution in [0.4, 0.5) is 0 Å². The average molecular weight is 228 g/mol. The fraction of sp³-hybridized carbons (Fsp3) is 0.400. The van der Waals surface area contributed by atoms with Gasteiger partial charge in [0.1, 0.15) is 5.76 Å². The van der Waals surface area contributed by atoms with E-state index >= 15 is 0 Å². The molecule has 1 N–H and O–H groups in total. The summed E-state index contributed by atoms with van der Waals surface area (Å²) in [6.07, 6.45) is -0.931. The van der Waals surface area contributed by atoms with Gasteiger partial charge in [-0.3, -0.25) is 0 Å². The van der Waals surface area contributed by atoms with E-state index < -0.39 is 18.0 Å². The van der Waals surface area contributed by atoms with Gasteiger partial charge >= 0.3 is 11.9 Å². The van der Waals surface area contributed by atoms with E-state index in [1.807, 2.05) is 0 Å². The predicted molar refractivity (Wildman–Crippen MR) is 52.2 cm³/mol. The van der Waals surface area contributed by atoms with E-state index in [0.717, 1.165) is 0 Å². The lowest BCUT2D eigenvalue weighted by Gasteiger charge is -2.07. The van der Waals surface area contributed by atoms with Crippen LogP contribution >= 0.6 is 0 Å². The Morgan fingerprint density at radius 2 is 2.12 bits per heavy atom. The number of hydrogen-bond donors (Lipinski definition) is 1. The summed E-state index contributed by atoms with van der Waals surface area (Å²) < 4.78 is 14.3. The first kappa shape index (κ1) is 12.3. The first-order chi connectivity index (χ1) is 7.58. The van der Waals surface area contributed by atoms with E-state index in [1.165, 1.54) is 26.4 Å². The van der Waals surface area contributed by atoms with E-state index in [1.54, 1.807) is 0 Å². The molecule has 0 saturated carbocycles. The summed E-state index contributed by atoms with van der Waals surface area (Å²) in [6, 6.07) is 2.94. The van der Waals surface area contributed by atoms with Gasteiger partial charge in [-0.2, -0.15) is 0 Å². The lowest BCUT2D eigenvalue weighted by atomic mass is 10.2. The zero-order valence-electron chi connectivity index (χ0n) is 8.93. The molecule has 6 nitrogen and oxygen atoms in total. The molecular formula is C10H12O6. The molecule has 0 saturated heterocycles. The molecule has 0 radical (unpaired) electrons. The van der Waals surface area contributed by atoms with E-state index in [9.17, 15) is 9.59 Å². The van der Waals surface area contributed by atoms with Gasteiger partial charge in [-0.05, 0) is 12.1 Å². The summed E-state index contributed by atoms with van der Waals surface area (Å²) in [5.74, 6) is -1.29. The third-order valence-corrected chi connectivity index (χ3v) is 1.99. The zero-order chi connectivity index (χ0) is 12.1. The number of esters is 1. The van der Waals surface area contributed by atoms with Crippen molar-refractivity contribution < 1.29 is 28.6 Å². The molecule has 0 fully saturated rings. The molecule has 0 aliphatic carbocycles. The fourth-order valence-electron chi connectivity index (χ4n) is 1.15. The lowest BCUT2D eigenvalue weighted by molar-refractivity contribution is -0.148. The molecule has 1 atom stereocenters. The van der Waals surface area contributed by atoms with E-state index in [0.29, 0.717) is 5.76 Å². The van der Waals surface area contributed by atoms with E-state index in [4.69, 9.17) is 14.3 Å². The smallest absolute Gasteiger partial charge is 0.373 e. The molecule has 0 bridgehead atoms. The van der Waals surface area contributed by atoms with Crippen molar-refractivity contribution in [3.63, 3.8) is 0 Å². The molecule has 1 aromatic heterocycles. The number of hydrogen-bond acceptors (Lipinski definition) is 5. The van der Waals surface area contributed by atoms with Gasteiger partial charge in [0.15, 0.2) is 6.10 Å². The molecule has 1 heterocycles. The van der Waals surface area contributed by atoms with Crippen LogP contribution in [0.3, 0.4) is 0 Å². The van der Waals surface area contributed by atoms with Gasteiger partial charge < -0.3 is 19.0 Å². The SMILES string of the molecule is COC(=O)c1ccc(CC(OC)C(=O)O)o1. The van der Waals surface area contributed by atoms with E-state index in [-0.39, 0.29) is 12.2 Å². The quantitative estimate of drug-likeness (QED) is 0.747. The lowest BCUT2D eigenvalue weighted by Crippen LogP contribution is -2.24. The van der Waals surface area contributed by atoms with Crippen molar-refractivity contribution in [2.24, 2.45) is 0 Å². The predicted octanol–water partition coefficient (Wildman–Crippen LogP) is 0.708. The highest BCUT2D eigenvalue weighted by Crippen LogP contribution is 2.12. The number of ether oxygens (including phenoxy) is 2. The number of carbonyl (C=O) groups excluding carboxylic acids is 1. The van der Waals surface area contributed by atoms with Crippen LogP contribution in [0.25, 0.3) is 0 Å². The van der Waals surface area contributed by atoms with Gasteiger partial charge in [0.2, 0.25) is 5.76 Å². The van der Waals surface area contributed by atoms with Crippen LogP contribution in [0.15, 0.2) is 16.5 Å². The molecular weight excluding hydrogens is 216 g/mol. The van der Waals surface area contributed by atoms with Crippen LogP contribution in [0.5, 0.6) is 0 Å². The number of aliphatic carboxylic acids is 1. The number of furan rings is 1. The average Bonchev–Trinajstić information content (AvgIpc) is 2.72. The second kappa shape index (κ2) is 5.32. The largest absolute Gasteiger partial charge is 0.479 e. The zero-order valence-corrected chi connectivity index (χ0v) is 8.93. The Balaban J connectivity index is 2.71. The fourth-order valence-corrected chi connectivity index (χ4v) is 1.15. The number of rotatable bonds is 5.